The molecule has 0 fully saturated rings. The molecular weight excluding hydrogens is 240 g/mol. The number of rotatable bonds is 7. The number of ketones is 1. The minimum atomic E-state index is -0.0538. The summed E-state index contributed by atoms with van der Waals surface area (Å²) in [5.41, 5.74) is 5.68. The first-order valence-corrected chi connectivity index (χ1v) is 7.26. The zero-order chi connectivity index (χ0) is 14.4. The molecule has 0 saturated heterocycles. The summed E-state index contributed by atoms with van der Waals surface area (Å²) >= 11 is 0. The van der Waals surface area contributed by atoms with E-state index in [1.807, 2.05) is 13.8 Å². The van der Waals surface area contributed by atoms with Crippen molar-refractivity contribution in [2.75, 3.05) is 6.54 Å². The van der Waals surface area contributed by atoms with E-state index in [1.165, 1.54) is 0 Å². The normalized spacial score (nSPS) is 21.2. The highest BCUT2D eigenvalue weighted by molar-refractivity contribution is 5.85. The Labute approximate surface area is 116 Å². The zero-order valence-electron chi connectivity index (χ0n) is 12.6. The van der Waals surface area contributed by atoms with Gasteiger partial charge in [-0.1, -0.05) is 27.7 Å². The number of nitrogens with zero attached hydrogens (tertiary/aromatic N) is 1. The first-order valence-electron chi connectivity index (χ1n) is 7.26. The summed E-state index contributed by atoms with van der Waals surface area (Å²) in [7, 11) is 0. The molecule has 0 radical (unpaired) electrons. The number of aliphatic imine (C=N–C) groups is 1. The maximum absolute atomic E-state index is 12.2. The van der Waals surface area contributed by atoms with Gasteiger partial charge < -0.3 is 16.4 Å². The summed E-state index contributed by atoms with van der Waals surface area (Å²) < 4.78 is 0. The van der Waals surface area contributed by atoms with Crippen molar-refractivity contribution in [1.29, 1.82) is 0 Å². The van der Waals surface area contributed by atoms with Crippen LogP contribution in [0.15, 0.2) is 4.99 Å². The van der Waals surface area contributed by atoms with E-state index in [0.717, 1.165) is 25.8 Å². The minimum Gasteiger partial charge on any atom is -0.370 e. The molecule has 1 heterocycles. The van der Waals surface area contributed by atoms with Crippen LogP contribution in [0.5, 0.6) is 0 Å². The second-order valence-corrected chi connectivity index (χ2v) is 5.91. The number of carbonyl (C=O) groups excluding carboxylic acids is 1. The second-order valence-electron chi connectivity index (χ2n) is 5.91. The lowest BCUT2D eigenvalue weighted by atomic mass is 9.94. The van der Waals surface area contributed by atoms with Crippen LogP contribution in [0.25, 0.3) is 0 Å². The van der Waals surface area contributed by atoms with Crippen molar-refractivity contribution >= 4 is 11.7 Å². The summed E-state index contributed by atoms with van der Waals surface area (Å²) in [5.74, 6) is 0.896. The van der Waals surface area contributed by atoms with E-state index in [9.17, 15) is 4.79 Å². The van der Waals surface area contributed by atoms with E-state index in [-0.39, 0.29) is 12.0 Å². The SMILES string of the molecule is CC(C)N[C@@H](CCC1CCN=C(N)N1)C(=O)C(C)C. The molecule has 4 N–H and O–H groups in total. The van der Waals surface area contributed by atoms with Crippen LogP contribution in [-0.4, -0.2) is 36.4 Å². The third-order valence-electron chi connectivity index (χ3n) is 3.36. The van der Waals surface area contributed by atoms with Gasteiger partial charge in [-0.3, -0.25) is 9.79 Å². The molecule has 0 aromatic heterocycles. The van der Waals surface area contributed by atoms with E-state index in [2.05, 4.69) is 29.5 Å². The summed E-state index contributed by atoms with van der Waals surface area (Å²) in [6, 6.07) is 0.606. The van der Waals surface area contributed by atoms with Crippen LogP contribution in [0, 0.1) is 5.92 Å². The topological polar surface area (TPSA) is 79.5 Å². The molecule has 0 spiro atoms. The maximum atomic E-state index is 12.2. The Hall–Kier alpha value is -1.10. The Morgan fingerprint density at radius 1 is 1.47 bits per heavy atom. The fourth-order valence-electron chi connectivity index (χ4n) is 2.36. The van der Waals surface area contributed by atoms with Crippen LogP contribution < -0.4 is 16.4 Å². The Morgan fingerprint density at radius 3 is 2.68 bits per heavy atom. The van der Waals surface area contributed by atoms with Crippen molar-refractivity contribution in [2.24, 2.45) is 16.6 Å². The zero-order valence-corrected chi connectivity index (χ0v) is 12.6. The van der Waals surface area contributed by atoms with Crippen LogP contribution in [0.1, 0.15) is 47.0 Å². The van der Waals surface area contributed by atoms with E-state index in [1.54, 1.807) is 0 Å². The standard InChI is InChI=1S/C14H28N4O/c1-9(2)13(19)12(17-10(3)4)6-5-11-7-8-16-14(15)18-11/h9-12,17H,5-8H2,1-4H3,(H3,15,16,18)/t11?,12-/m0/s1. The molecule has 19 heavy (non-hydrogen) atoms. The van der Waals surface area contributed by atoms with Gasteiger partial charge in [0.2, 0.25) is 0 Å². The van der Waals surface area contributed by atoms with E-state index in [4.69, 9.17) is 5.73 Å². The molecule has 0 amide bonds. The number of nitrogens with two attached hydrogens (primary N) is 1. The Bertz CT molecular complexity index is 325. The van der Waals surface area contributed by atoms with Crippen molar-refractivity contribution in [3.8, 4) is 0 Å². The second kappa shape index (κ2) is 7.48. The predicted molar refractivity (Wildman–Crippen MR) is 79.2 cm³/mol. The maximum Gasteiger partial charge on any atom is 0.188 e. The van der Waals surface area contributed by atoms with Gasteiger partial charge in [-0.15, -0.1) is 0 Å². The number of Topliss-reactive ketones (excluding diaryl/α,β-unsaturated/α-hetero) is 1. The molecule has 1 rings (SSSR count). The van der Waals surface area contributed by atoms with Crippen molar-refractivity contribution in [2.45, 2.75) is 65.1 Å². The van der Waals surface area contributed by atoms with Gasteiger partial charge in [0.15, 0.2) is 11.7 Å². The van der Waals surface area contributed by atoms with Crippen molar-refractivity contribution < 1.29 is 4.79 Å². The number of hydrogen-bond acceptors (Lipinski definition) is 5. The first kappa shape index (κ1) is 16.0. The van der Waals surface area contributed by atoms with Crippen LogP contribution in [-0.2, 0) is 4.79 Å². The molecule has 1 aliphatic rings. The Kier molecular flexibility index (Phi) is 6.28. The van der Waals surface area contributed by atoms with E-state index >= 15 is 0 Å². The number of nitrogens with one attached hydrogen (secondary N) is 2. The molecule has 1 unspecified atom stereocenters. The first-order chi connectivity index (χ1) is 8.90. The fraction of sp³-hybridized carbons (Fsp3) is 0.857. The predicted octanol–water partition coefficient (Wildman–Crippen LogP) is 1.03. The fourth-order valence-corrected chi connectivity index (χ4v) is 2.36. The van der Waals surface area contributed by atoms with Gasteiger partial charge in [-0.2, -0.15) is 0 Å². The van der Waals surface area contributed by atoms with Gasteiger partial charge in [-0.25, -0.2) is 0 Å². The van der Waals surface area contributed by atoms with Crippen LogP contribution in [0.2, 0.25) is 0 Å². The molecule has 1 aliphatic heterocycles. The molecule has 0 saturated carbocycles. The lowest BCUT2D eigenvalue weighted by Gasteiger charge is -2.26. The molecule has 0 bridgehead atoms. The molecule has 5 heteroatoms. The molecule has 110 valence electrons. The average Bonchev–Trinajstić information content (AvgIpc) is 2.33. The van der Waals surface area contributed by atoms with Crippen molar-refractivity contribution in [1.82, 2.24) is 10.6 Å². The van der Waals surface area contributed by atoms with E-state index in [0.29, 0.717) is 23.8 Å². The highest BCUT2D eigenvalue weighted by Crippen LogP contribution is 2.12. The molecule has 0 aromatic rings. The highest BCUT2D eigenvalue weighted by atomic mass is 16.1. The summed E-state index contributed by atoms with van der Waals surface area (Å²) in [6.45, 7) is 8.85. The van der Waals surface area contributed by atoms with Crippen LogP contribution in [0.3, 0.4) is 0 Å². The van der Waals surface area contributed by atoms with Crippen molar-refractivity contribution in [3.05, 3.63) is 0 Å². The Morgan fingerprint density at radius 2 is 2.16 bits per heavy atom. The van der Waals surface area contributed by atoms with Gasteiger partial charge >= 0.3 is 0 Å². The highest BCUT2D eigenvalue weighted by Gasteiger charge is 2.23. The lowest BCUT2D eigenvalue weighted by molar-refractivity contribution is -0.124. The van der Waals surface area contributed by atoms with Gasteiger partial charge in [-0.05, 0) is 19.3 Å². The summed E-state index contributed by atoms with van der Waals surface area (Å²) in [6.07, 6.45) is 2.78. The smallest absolute Gasteiger partial charge is 0.188 e. The van der Waals surface area contributed by atoms with E-state index < -0.39 is 0 Å². The van der Waals surface area contributed by atoms with Gasteiger partial charge in [0.1, 0.15) is 0 Å². The molecule has 5 nitrogen and oxygen atoms in total. The van der Waals surface area contributed by atoms with Gasteiger partial charge in [0, 0.05) is 24.5 Å². The number of guanidine groups is 1. The molecule has 0 aliphatic carbocycles. The van der Waals surface area contributed by atoms with Crippen molar-refractivity contribution in [3.63, 3.8) is 0 Å². The largest absolute Gasteiger partial charge is 0.370 e. The number of carbonyl (C=O) groups is 1. The molecule has 0 aromatic carbocycles. The minimum absolute atomic E-state index is 0.0538. The van der Waals surface area contributed by atoms with Crippen LogP contribution in [0.4, 0.5) is 0 Å². The van der Waals surface area contributed by atoms with Gasteiger partial charge in [0.25, 0.3) is 0 Å². The Balaban J connectivity index is 2.48. The van der Waals surface area contributed by atoms with Gasteiger partial charge in [0.05, 0.1) is 6.04 Å². The average molecular weight is 268 g/mol. The summed E-state index contributed by atoms with van der Waals surface area (Å²) in [5, 5.41) is 6.55. The summed E-state index contributed by atoms with van der Waals surface area (Å²) in [4.78, 5) is 16.3. The lowest BCUT2D eigenvalue weighted by Crippen LogP contribution is -2.46. The third-order valence-corrected chi connectivity index (χ3v) is 3.36. The van der Waals surface area contributed by atoms with Crippen LogP contribution >= 0.6 is 0 Å². The number of hydrogen-bond donors (Lipinski definition) is 3. The molecule has 2 atom stereocenters. The third kappa shape index (κ3) is 5.59. The quantitative estimate of drug-likeness (QED) is 0.644. The molecular formula is C14H28N4O. The monoisotopic (exact) mass is 268 g/mol.